The van der Waals surface area contributed by atoms with Crippen LogP contribution in [0.25, 0.3) is 0 Å². The van der Waals surface area contributed by atoms with E-state index in [2.05, 4.69) is 15.2 Å². The van der Waals surface area contributed by atoms with Gasteiger partial charge in [-0.1, -0.05) is 0 Å². The molecule has 1 aliphatic heterocycles. The zero-order valence-electron chi connectivity index (χ0n) is 15.2. The van der Waals surface area contributed by atoms with Gasteiger partial charge in [0.2, 0.25) is 0 Å². The SMILES string of the molecule is CN=C(NCC(C)(C)OC)N1CCN(c2cc(F)ccc2F)CC1.I. The lowest BCUT2D eigenvalue weighted by Crippen LogP contribution is -2.54. The van der Waals surface area contributed by atoms with Crippen LogP contribution in [0.3, 0.4) is 0 Å². The van der Waals surface area contributed by atoms with Crippen LogP contribution >= 0.6 is 24.0 Å². The number of halogens is 3. The molecule has 1 fully saturated rings. The second-order valence-corrected chi connectivity index (χ2v) is 6.43. The molecule has 1 saturated heterocycles. The summed E-state index contributed by atoms with van der Waals surface area (Å²) in [4.78, 5) is 8.27. The molecular formula is C17H27F2IN4O. The molecule has 0 bridgehead atoms. The molecule has 1 heterocycles. The first kappa shape index (κ1) is 21.9. The van der Waals surface area contributed by atoms with Crippen LogP contribution in [0.5, 0.6) is 0 Å². The van der Waals surface area contributed by atoms with Crippen molar-refractivity contribution in [2.75, 3.05) is 51.8 Å². The highest BCUT2D eigenvalue weighted by atomic mass is 127. The first-order valence-corrected chi connectivity index (χ1v) is 8.07. The Hall–Kier alpha value is -1.16. The van der Waals surface area contributed by atoms with E-state index in [-0.39, 0.29) is 29.6 Å². The minimum absolute atomic E-state index is 0. The molecule has 142 valence electrons. The van der Waals surface area contributed by atoms with Gasteiger partial charge in [-0.05, 0) is 26.0 Å². The minimum atomic E-state index is -0.423. The van der Waals surface area contributed by atoms with Gasteiger partial charge in [0.25, 0.3) is 0 Å². The van der Waals surface area contributed by atoms with Gasteiger partial charge in [-0.2, -0.15) is 0 Å². The van der Waals surface area contributed by atoms with Crippen LogP contribution in [-0.4, -0.2) is 63.3 Å². The van der Waals surface area contributed by atoms with Crippen molar-refractivity contribution in [3.05, 3.63) is 29.8 Å². The number of hydrogen-bond acceptors (Lipinski definition) is 3. The quantitative estimate of drug-likeness (QED) is 0.419. The van der Waals surface area contributed by atoms with Crippen LogP contribution in [0.2, 0.25) is 0 Å². The number of nitrogens with one attached hydrogen (secondary N) is 1. The lowest BCUT2D eigenvalue weighted by atomic mass is 10.1. The Bertz CT molecular complexity index is 590. The Morgan fingerprint density at radius 2 is 1.88 bits per heavy atom. The second-order valence-electron chi connectivity index (χ2n) is 6.43. The third kappa shape index (κ3) is 5.95. The average molecular weight is 468 g/mol. The highest BCUT2D eigenvalue weighted by Crippen LogP contribution is 2.22. The fourth-order valence-corrected chi connectivity index (χ4v) is 2.58. The number of rotatable bonds is 4. The largest absolute Gasteiger partial charge is 0.377 e. The van der Waals surface area contributed by atoms with E-state index in [9.17, 15) is 8.78 Å². The smallest absolute Gasteiger partial charge is 0.193 e. The molecule has 5 nitrogen and oxygen atoms in total. The predicted molar refractivity (Wildman–Crippen MR) is 108 cm³/mol. The highest BCUT2D eigenvalue weighted by molar-refractivity contribution is 14.0. The summed E-state index contributed by atoms with van der Waals surface area (Å²) < 4.78 is 32.7. The Labute approximate surface area is 165 Å². The molecule has 0 spiro atoms. The summed E-state index contributed by atoms with van der Waals surface area (Å²) in [5, 5.41) is 3.30. The van der Waals surface area contributed by atoms with Crippen molar-refractivity contribution < 1.29 is 13.5 Å². The van der Waals surface area contributed by atoms with Crippen molar-refractivity contribution >= 4 is 35.6 Å². The molecule has 2 rings (SSSR count). The number of ether oxygens (including phenoxy) is 1. The van der Waals surface area contributed by atoms with Gasteiger partial charge < -0.3 is 19.9 Å². The molecule has 1 aromatic rings. The van der Waals surface area contributed by atoms with Gasteiger partial charge in [0, 0.05) is 52.9 Å². The van der Waals surface area contributed by atoms with Crippen LogP contribution in [0, 0.1) is 11.6 Å². The number of aliphatic imine (C=N–C) groups is 1. The van der Waals surface area contributed by atoms with Crippen molar-refractivity contribution in [3.63, 3.8) is 0 Å². The van der Waals surface area contributed by atoms with Crippen molar-refractivity contribution in [1.29, 1.82) is 0 Å². The molecule has 8 heteroatoms. The van der Waals surface area contributed by atoms with Crippen molar-refractivity contribution in [3.8, 4) is 0 Å². The third-order valence-corrected chi connectivity index (χ3v) is 4.26. The lowest BCUT2D eigenvalue weighted by molar-refractivity contribution is 0.0263. The van der Waals surface area contributed by atoms with E-state index in [1.807, 2.05) is 18.7 Å². The van der Waals surface area contributed by atoms with Gasteiger partial charge in [0.15, 0.2) is 5.96 Å². The number of methoxy groups -OCH3 is 1. The molecular weight excluding hydrogens is 441 g/mol. The first-order chi connectivity index (χ1) is 11.4. The third-order valence-electron chi connectivity index (χ3n) is 4.26. The van der Waals surface area contributed by atoms with E-state index in [0.29, 0.717) is 38.4 Å². The average Bonchev–Trinajstić information content (AvgIpc) is 2.58. The van der Waals surface area contributed by atoms with E-state index in [0.717, 1.165) is 12.0 Å². The molecule has 1 N–H and O–H groups in total. The fraction of sp³-hybridized carbons (Fsp3) is 0.588. The van der Waals surface area contributed by atoms with E-state index in [1.54, 1.807) is 14.2 Å². The molecule has 1 aliphatic rings. The molecule has 0 aliphatic carbocycles. The summed E-state index contributed by atoms with van der Waals surface area (Å²) >= 11 is 0. The molecule has 1 aromatic carbocycles. The van der Waals surface area contributed by atoms with Crippen molar-refractivity contribution in [1.82, 2.24) is 10.2 Å². The minimum Gasteiger partial charge on any atom is -0.377 e. The van der Waals surface area contributed by atoms with Crippen molar-refractivity contribution in [2.24, 2.45) is 4.99 Å². The molecule has 25 heavy (non-hydrogen) atoms. The van der Waals surface area contributed by atoms with E-state index < -0.39 is 11.6 Å². The number of benzene rings is 1. The molecule has 0 radical (unpaired) electrons. The van der Waals surface area contributed by atoms with Gasteiger partial charge in [-0.15, -0.1) is 24.0 Å². The lowest BCUT2D eigenvalue weighted by Gasteiger charge is -2.38. The summed E-state index contributed by atoms with van der Waals surface area (Å²) in [7, 11) is 3.41. The van der Waals surface area contributed by atoms with Crippen LogP contribution in [0.15, 0.2) is 23.2 Å². The van der Waals surface area contributed by atoms with Crippen LogP contribution in [0.1, 0.15) is 13.8 Å². The first-order valence-electron chi connectivity index (χ1n) is 8.07. The molecule has 0 amide bonds. The monoisotopic (exact) mass is 468 g/mol. The van der Waals surface area contributed by atoms with Gasteiger partial charge in [0.1, 0.15) is 11.6 Å². The molecule has 0 aromatic heterocycles. The number of hydrogen-bond donors (Lipinski definition) is 1. The number of piperazine rings is 1. The number of nitrogens with zero attached hydrogens (tertiary/aromatic N) is 3. The predicted octanol–water partition coefficient (Wildman–Crippen LogP) is 2.71. The molecule has 0 unspecified atom stereocenters. The Morgan fingerprint density at radius 3 is 2.44 bits per heavy atom. The summed E-state index contributed by atoms with van der Waals surface area (Å²) in [6, 6.07) is 3.56. The van der Waals surface area contributed by atoms with E-state index in [4.69, 9.17) is 4.74 Å². The standard InChI is InChI=1S/C17H26F2N4O.HI/c1-17(2,24-4)12-21-16(20-3)23-9-7-22(8-10-23)15-11-13(18)5-6-14(15)19;/h5-6,11H,7-10,12H2,1-4H3,(H,20,21);1H. The van der Waals surface area contributed by atoms with Crippen LogP contribution in [-0.2, 0) is 4.74 Å². The van der Waals surface area contributed by atoms with E-state index >= 15 is 0 Å². The highest BCUT2D eigenvalue weighted by Gasteiger charge is 2.23. The van der Waals surface area contributed by atoms with Gasteiger partial charge in [0.05, 0.1) is 11.3 Å². The van der Waals surface area contributed by atoms with Crippen molar-refractivity contribution in [2.45, 2.75) is 19.4 Å². The Morgan fingerprint density at radius 1 is 1.24 bits per heavy atom. The van der Waals surface area contributed by atoms with Crippen LogP contribution < -0.4 is 10.2 Å². The molecule has 0 atom stereocenters. The maximum absolute atomic E-state index is 13.9. The van der Waals surface area contributed by atoms with Gasteiger partial charge in [-0.3, -0.25) is 4.99 Å². The number of anilines is 1. The molecule has 0 saturated carbocycles. The normalized spacial score (nSPS) is 15.8. The number of guanidine groups is 1. The second kappa shape index (κ2) is 9.51. The maximum Gasteiger partial charge on any atom is 0.193 e. The van der Waals surface area contributed by atoms with E-state index in [1.165, 1.54) is 12.1 Å². The Balaban J connectivity index is 0.00000312. The zero-order chi connectivity index (χ0) is 17.7. The Kier molecular flexibility index (Phi) is 8.33. The summed E-state index contributed by atoms with van der Waals surface area (Å²) in [6.07, 6.45) is 0. The summed E-state index contributed by atoms with van der Waals surface area (Å²) in [6.45, 7) is 7.21. The van der Waals surface area contributed by atoms with Gasteiger partial charge in [-0.25, -0.2) is 8.78 Å². The van der Waals surface area contributed by atoms with Crippen LogP contribution in [0.4, 0.5) is 14.5 Å². The summed E-state index contributed by atoms with van der Waals surface area (Å²) in [5.41, 5.74) is 0.0285. The van der Waals surface area contributed by atoms with Gasteiger partial charge >= 0.3 is 0 Å². The topological polar surface area (TPSA) is 40.1 Å². The fourth-order valence-electron chi connectivity index (χ4n) is 2.58. The maximum atomic E-state index is 13.9. The summed E-state index contributed by atoms with van der Waals surface area (Å²) in [5.74, 6) is -0.0261. The zero-order valence-corrected chi connectivity index (χ0v) is 17.5.